The first-order chi connectivity index (χ1) is 12.7. The van der Waals surface area contributed by atoms with E-state index in [1.54, 1.807) is 18.3 Å². The van der Waals surface area contributed by atoms with E-state index in [-0.39, 0.29) is 24.5 Å². The van der Waals surface area contributed by atoms with Crippen LogP contribution in [0.5, 0.6) is 0 Å². The maximum atomic E-state index is 12.6. The van der Waals surface area contributed by atoms with Crippen molar-refractivity contribution in [3.05, 3.63) is 17.6 Å². The van der Waals surface area contributed by atoms with Crippen LogP contribution in [0.25, 0.3) is 0 Å². The molecule has 2 fully saturated rings. The Bertz CT molecular complexity index is 702. The Hall–Kier alpha value is -2.22. The molecule has 0 unspecified atom stereocenters. The lowest BCUT2D eigenvalue weighted by Gasteiger charge is -2.37. The van der Waals surface area contributed by atoms with Crippen molar-refractivity contribution in [2.45, 2.75) is 38.1 Å². The number of fused-ring (bicyclic) bond motifs is 1. The number of urea groups is 1. The molecule has 8 heteroatoms. The van der Waals surface area contributed by atoms with Crippen molar-refractivity contribution in [1.82, 2.24) is 19.8 Å². The number of aryl methyl sites for hydroxylation is 1. The van der Waals surface area contributed by atoms with Gasteiger partial charge < -0.3 is 14.5 Å². The predicted molar refractivity (Wildman–Crippen MR) is 95.0 cm³/mol. The summed E-state index contributed by atoms with van der Waals surface area (Å²) in [5.41, 5.74) is 2.48. The van der Waals surface area contributed by atoms with Crippen LogP contribution in [0.3, 0.4) is 0 Å². The number of ether oxygens (including phenoxy) is 1. The van der Waals surface area contributed by atoms with E-state index >= 15 is 0 Å². The molecule has 0 radical (unpaired) electrons. The Kier molecular flexibility index (Phi) is 4.76. The number of imide groups is 1. The van der Waals surface area contributed by atoms with Crippen molar-refractivity contribution in [3.63, 3.8) is 0 Å². The second-order valence-electron chi connectivity index (χ2n) is 7.14. The van der Waals surface area contributed by atoms with Crippen LogP contribution < -0.4 is 4.90 Å². The van der Waals surface area contributed by atoms with Crippen LogP contribution in [0.4, 0.5) is 10.6 Å². The van der Waals surface area contributed by atoms with Crippen LogP contribution in [-0.2, 0) is 22.4 Å². The molecule has 1 aromatic heterocycles. The molecule has 140 valence electrons. The van der Waals surface area contributed by atoms with Gasteiger partial charge in [-0.1, -0.05) is 0 Å². The molecule has 0 aromatic carbocycles. The van der Waals surface area contributed by atoms with Gasteiger partial charge in [0.25, 0.3) is 0 Å². The quantitative estimate of drug-likeness (QED) is 0.725. The zero-order valence-electron chi connectivity index (χ0n) is 15.2. The second kappa shape index (κ2) is 7.19. The first-order valence-electron chi connectivity index (χ1n) is 9.36. The molecule has 0 bridgehead atoms. The number of anilines is 1. The number of carbonyl (C=O) groups is 2. The average molecular weight is 359 g/mol. The Morgan fingerprint density at radius 3 is 2.77 bits per heavy atom. The van der Waals surface area contributed by atoms with Gasteiger partial charge in [-0.25, -0.2) is 14.8 Å². The van der Waals surface area contributed by atoms with Crippen LogP contribution in [-0.4, -0.2) is 77.6 Å². The van der Waals surface area contributed by atoms with E-state index in [9.17, 15) is 9.59 Å². The average Bonchev–Trinajstić information content (AvgIpc) is 3.25. The fourth-order valence-corrected chi connectivity index (χ4v) is 4.25. The molecular formula is C18H25N5O3. The number of amides is 3. The molecule has 2 aliphatic heterocycles. The lowest BCUT2D eigenvalue weighted by atomic mass is 10.0. The summed E-state index contributed by atoms with van der Waals surface area (Å²) in [6, 6.07) is -0.0569. The number of aromatic nitrogens is 2. The van der Waals surface area contributed by atoms with E-state index in [2.05, 4.69) is 14.9 Å². The third-order valence-electron chi connectivity index (χ3n) is 5.66. The lowest BCUT2D eigenvalue weighted by Crippen LogP contribution is -2.47. The smallest absolute Gasteiger partial charge is 0.327 e. The van der Waals surface area contributed by atoms with Gasteiger partial charge in [-0.15, -0.1) is 0 Å². The van der Waals surface area contributed by atoms with E-state index in [1.807, 2.05) is 0 Å². The fraction of sp³-hybridized carbons (Fsp3) is 0.667. The molecule has 4 rings (SSSR count). The summed E-state index contributed by atoms with van der Waals surface area (Å²) < 4.78 is 5.00. The third-order valence-corrected chi connectivity index (χ3v) is 5.66. The van der Waals surface area contributed by atoms with Crippen LogP contribution in [0, 0.1) is 0 Å². The second-order valence-corrected chi connectivity index (χ2v) is 7.14. The highest BCUT2D eigenvalue weighted by molar-refractivity contribution is 6.02. The van der Waals surface area contributed by atoms with Gasteiger partial charge in [0, 0.05) is 37.5 Å². The Morgan fingerprint density at radius 2 is 2.00 bits per heavy atom. The molecule has 0 atom stereocenters. The SMILES string of the molecule is COCCN1C(=O)CN(C2CCN(c3ncnc4c3CCC4)CC2)C1=O. The summed E-state index contributed by atoms with van der Waals surface area (Å²) >= 11 is 0. The molecule has 0 N–H and O–H groups in total. The Labute approximate surface area is 153 Å². The number of carbonyl (C=O) groups excluding carboxylic acids is 2. The molecule has 3 heterocycles. The molecule has 8 nitrogen and oxygen atoms in total. The first-order valence-corrected chi connectivity index (χ1v) is 9.36. The minimum Gasteiger partial charge on any atom is -0.383 e. The molecule has 2 saturated heterocycles. The maximum Gasteiger partial charge on any atom is 0.327 e. The third kappa shape index (κ3) is 3.02. The molecule has 26 heavy (non-hydrogen) atoms. The molecule has 3 amide bonds. The van der Waals surface area contributed by atoms with Crippen LogP contribution in [0.1, 0.15) is 30.5 Å². The van der Waals surface area contributed by atoms with Crippen molar-refractivity contribution < 1.29 is 14.3 Å². The summed E-state index contributed by atoms with van der Waals surface area (Å²) in [6.45, 7) is 2.60. The van der Waals surface area contributed by atoms with Gasteiger partial charge in [0.15, 0.2) is 0 Å². The minimum absolute atomic E-state index is 0.116. The summed E-state index contributed by atoms with van der Waals surface area (Å²) in [4.78, 5) is 39.0. The normalized spacial score (nSPS) is 21.0. The van der Waals surface area contributed by atoms with Crippen molar-refractivity contribution in [2.24, 2.45) is 0 Å². The highest BCUT2D eigenvalue weighted by Crippen LogP contribution is 2.31. The summed E-state index contributed by atoms with van der Waals surface area (Å²) in [5.74, 6) is 0.944. The molecule has 0 spiro atoms. The lowest BCUT2D eigenvalue weighted by molar-refractivity contribution is -0.125. The first kappa shape index (κ1) is 17.2. The van der Waals surface area contributed by atoms with E-state index in [0.717, 1.165) is 51.0 Å². The van der Waals surface area contributed by atoms with E-state index in [0.29, 0.717) is 13.2 Å². The zero-order valence-corrected chi connectivity index (χ0v) is 15.2. The Morgan fingerprint density at radius 1 is 1.19 bits per heavy atom. The van der Waals surface area contributed by atoms with Gasteiger partial charge in [0.2, 0.25) is 5.91 Å². The highest BCUT2D eigenvalue weighted by atomic mass is 16.5. The predicted octanol–water partition coefficient (Wildman–Crippen LogP) is 0.845. The number of hydrogen-bond acceptors (Lipinski definition) is 6. The van der Waals surface area contributed by atoms with Crippen molar-refractivity contribution in [3.8, 4) is 0 Å². The van der Waals surface area contributed by atoms with E-state index in [1.165, 1.54) is 16.2 Å². The monoisotopic (exact) mass is 359 g/mol. The number of hydrogen-bond donors (Lipinski definition) is 0. The topological polar surface area (TPSA) is 78.9 Å². The van der Waals surface area contributed by atoms with Crippen molar-refractivity contribution >= 4 is 17.8 Å². The van der Waals surface area contributed by atoms with Gasteiger partial charge in [0.05, 0.1) is 13.2 Å². The fourth-order valence-electron chi connectivity index (χ4n) is 4.25. The van der Waals surface area contributed by atoms with Crippen LogP contribution in [0.15, 0.2) is 6.33 Å². The van der Waals surface area contributed by atoms with Gasteiger partial charge >= 0.3 is 6.03 Å². The number of piperidine rings is 1. The molecule has 3 aliphatic rings. The van der Waals surface area contributed by atoms with E-state index < -0.39 is 0 Å². The molecule has 1 aliphatic carbocycles. The van der Waals surface area contributed by atoms with Crippen LogP contribution in [0.2, 0.25) is 0 Å². The largest absolute Gasteiger partial charge is 0.383 e. The summed E-state index contributed by atoms with van der Waals surface area (Å²) in [6.07, 6.45) is 6.63. The van der Waals surface area contributed by atoms with Gasteiger partial charge in [-0.3, -0.25) is 9.69 Å². The molecular weight excluding hydrogens is 334 g/mol. The Balaban J connectivity index is 1.39. The van der Waals surface area contributed by atoms with Gasteiger partial charge in [-0.2, -0.15) is 0 Å². The summed E-state index contributed by atoms with van der Waals surface area (Å²) in [5, 5.41) is 0. The van der Waals surface area contributed by atoms with Gasteiger partial charge in [0.1, 0.15) is 18.7 Å². The number of nitrogens with zero attached hydrogens (tertiary/aromatic N) is 5. The maximum absolute atomic E-state index is 12.6. The molecule has 0 saturated carbocycles. The van der Waals surface area contributed by atoms with Crippen LogP contribution >= 0.6 is 0 Å². The standard InChI is InChI=1S/C18H25N5O3/c1-26-10-9-22-16(24)11-23(18(22)25)13-5-7-21(8-6-13)17-14-3-2-4-15(14)19-12-20-17/h12-13H,2-11H2,1H3. The molecule has 1 aromatic rings. The van der Waals surface area contributed by atoms with Gasteiger partial charge in [-0.05, 0) is 32.1 Å². The number of rotatable bonds is 5. The van der Waals surface area contributed by atoms with Crippen molar-refractivity contribution in [2.75, 3.05) is 44.8 Å². The number of methoxy groups -OCH3 is 1. The minimum atomic E-state index is -0.173. The van der Waals surface area contributed by atoms with Crippen molar-refractivity contribution in [1.29, 1.82) is 0 Å². The highest BCUT2D eigenvalue weighted by Gasteiger charge is 2.40. The zero-order chi connectivity index (χ0) is 18.1. The van der Waals surface area contributed by atoms with E-state index in [4.69, 9.17) is 4.74 Å². The summed E-state index contributed by atoms with van der Waals surface area (Å²) in [7, 11) is 1.57.